The van der Waals surface area contributed by atoms with E-state index in [1.54, 1.807) is 4.90 Å². The van der Waals surface area contributed by atoms with E-state index in [1.807, 2.05) is 30.3 Å². The van der Waals surface area contributed by atoms with Crippen LogP contribution in [0.5, 0.6) is 0 Å². The lowest BCUT2D eigenvalue weighted by Crippen LogP contribution is -2.46. The number of nitriles is 1. The number of piperazine rings is 1. The van der Waals surface area contributed by atoms with Crippen molar-refractivity contribution < 1.29 is 9.59 Å². The Labute approximate surface area is 203 Å². The largest absolute Gasteiger partial charge is 0.356 e. The van der Waals surface area contributed by atoms with Gasteiger partial charge in [0.2, 0.25) is 11.8 Å². The summed E-state index contributed by atoms with van der Waals surface area (Å²) in [6.45, 7) is 7.14. The number of carbonyl (C=O) groups excluding carboxylic acids is 2. The van der Waals surface area contributed by atoms with Crippen molar-refractivity contribution in [3.05, 3.63) is 66.2 Å². The van der Waals surface area contributed by atoms with Gasteiger partial charge in [0.1, 0.15) is 0 Å². The molecule has 1 aliphatic heterocycles. The molecule has 1 fully saturated rings. The van der Waals surface area contributed by atoms with Gasteiger partial charge in [-0.15, -0.1) is 0 Å². The molecule has 7 nitrogen and oxygen atoms in total. The second-order valence-corrected chi connectivity index (χ2v) is 8.60. The topological polar surface area (TPSA) is 79.7 Å². The van der Waals surface area contributed by atoms with Crippen molar-refractivity contribution in [2.24, 2.45) is 0 Å². The predicted molar refractivity (Wildman–Crippen MR) is 134 cm³/mol. The summed E-state index contributed by atoms with van der Waals surface area (Å²) in [4.78, 5) is 31.4. The molecule has 0 saturated carbocycles. The van der Waals surface area contributed by atoms with Gasteiger partial charge in [-0.3, -0.25) is 14.5 Å². The van der Waals surface area contributed by atoms with E-state index in [-0.39, 0.29) is 31.1 Å². The zero-order valence-corrected chi connectivity index (χ0v) is 19.9. The second kappa shape index (κ2) is 14.1. The number of carbonyl (C=O) groups is 2. The fourth-order valence-corrected chi connectivity index (χ4v) is 4.15. The van der Waals surface area contributed by atoms with Crippen molar-refractivity contribution in [2.75, 3.05) is 50.7 Å². The van der Waals surface area contributed by atoms with Crippen molar-refractivity contribution in [2.45, 2.75) is 32.2 Å². The van der Waals surface area contributed by atoms with E-state index in [1.165, 1.54) is 5.56 Å². The van der Waals surface area contributed by atoms with E-state index in [0.717, 1.165) is 51.4 Å². The first-order chi connectivity index (χ1) is 16.7. The third-order valence-corrected chi connectivity index (χ3v) is 6.07. The Morgan fingerprint density at radius 2 is 1.56 bits per heavy atom. The molecule has 2 aromatic rings. The number of nitrogens with zero attached hydrogens (tertiary/aromatic N) is 4. The number of benzene rings is 2. The van der Waals surface area contributed by atoms with E-state index in [9.17, 15) is 9.59 Å². The quantitative estimate of drug-likeness (QED) is 0.492. The molecule has 34 heavy (non-hydrogen) atoms. The number of para-hydroxylation sites is 1. The molecule has 3 rings (SSSR count). The Balaban J connectivity index is 1.29. The zero-order chi connectivity index (χ0) is 24.0. The lowest BCUT2D eigenvalue weighted by atomic mass is 10.2. The van der Waals surface area contributed by atoms with Crippen LogP contribution in [-0.4, -0.2) is 67.4 Å². The van der Waals surface area contributed by atoms with Gasteiger partial charge >= 0.3 is 0 Å². The normalized spacial score (nSPS) is 14.3. The smallest absolute Gasteiger partial charge is 0.227 e. The van der Waals surface area contributed by atoms with Crippen LogP contribution in [0.2, 0.25) is 0 Å². The predicted octanol–water partition coefficient (Wildman–Crippen LogP) is 3.04. The molecule has 7 heteroatoms. The highest BCUT2D eigenvalue weighted by atomic mass is 16.2. The summed E-state index contributed by atoms with van der Waals surface area (Å²) >= 11 is 0. The number of anilines is 1. The number of nitrogens with one attached hydrogen (secondary N) is 1. The van der Waals surface area contributed by atoms with Crippen LogP contribution < -0.4 is 10.2 Å². The van der Waals surface area contributed by atoms with Gasteiger partial charge < -0.3 is 15.1 Å². The van der Waals surface area contributed by atoms with Crippen LogP contribution in [0.1, 0.15) is 31.2 Å². The van der Waals surface area contributed by atoms with E-state index < -0.39 is 0 Å². The van der Waals surface area contributed by atoms with Crippen LogP contribution >= 0.6 is 0 Å². The molecular formula is C27H35N5O2. The summed E-state index contributed by atoms with van der Waals surface area (Å²) in [5.74, 6) is -0.237. The van der Waals surface area contributed by atoms with Crippen LogP contribution in [0.25, 0.3) is 0 Å². The standard InChI is InChI=1S/C27H35N5O2/c28-15-7-18-32(25-11-5-2-6-12-25)27(34)14-13-26(33)29-16-8-17-30-19-21-31(22-20-30)23-24-9-3-1-4-10-24/h1-6,9-12H,7-8,13-14,16-23H2,(H,29,33). The first kappa shape index (κ1) is 25.4. The number of rotatable bonds is 12. The van der Waals surface area contributed by atoms with Crippen molar-refractivity contribution in [3.8, 4) is 6.07 Å². The second-order valence-electron chi connectivity index (χ2n) is 8.60. The molecule has 0 bridgehead atoms. The van der Waals surface area contributed by atoms with E-state index >= 15 is 0 Å². The lowest BCUT2D eigenvalue weighted by molar-refractivity contribution is -0.125. The molecule has 2 aromatic carbocycles. The van der Waals surface area contributed by atoms with Gasteiger partial charge in [0, 0.05) is 64.3 Å². The Kier molecular flexibility index (Phi) is 10.6. The molecule has 1 aliphatic rings. The Morgan fingerprint density at radius 3 is 2.24 bits per heavy atom. The van der Waals surface area contributed by atoms with Gasteiger partial charge in [0.05, 0.1) is 12.5 Å². The summed E-state index contributed by atoms with van der Waals surface area (Å²) in [7, 11) is 0. The van der Waals surface area contributed by atoms with E-state index in [0.29, 0.717) is 13.1 Å². The van der Waals surface area contributed by atoms with Gasteiger partial charge in [-0.1, -0.05) is 48.5 Å². The molecule has 0 spiro atoms. The maximum atomic E-state index is 12.7. The highest BCUT2D eigenvalue weighted by molar-refractivity contribution is 5.95. The van der Waals surface area contributed by atoms with Crippen LogP contribution in [0, 0.1) is 11.3 Å². The SMILES string of the molecule is N#CCCN(C(=O)CCC(=O)NCCCN1CCN(Cc2ccccc2)CC1)c1ccccc1. The minimum Gasteiger partial charge on any atom is -0.356 e. The fraction of sp³-hybridized carbons (Fsp3) is 0.444. The maximum Gasteiger partial charge on any atom is 0.227 e. The monoisotopic (exact) mass is 461 g/mol. The fourth-order valence-electron chi connectivity index (χ4n) is 4.15. The van der Waals surface area contributed by atoms with Crippen LogP contribution in [0.15, 0.2) is 60.7 Å². The number of hydrogen-bond donors (Lipinski definition) is 1. The van der Waals surface area contributed by atoms with Gasteiger partial charge in [-0.2, -0.15) is 5.26 Å². The molecule has 0 aliphatic carbocycles. The van der Waals surface area contributed by atoms with Crippen LogP contribution in [0.3, 0.4) is 0 Å². The number of amides is 2. The van der Waals surface area contributed by atoms with E-state index in [2.05, 4.69) is 51.5 Å². The molecule has 0 radical (unpaired) electrons. The summed E-state index contributed by atoms with van der Waals surface area (Å²) in [5.41, 5.74) is 2.11. The molecule has 0 atom stereocenters. The first-order valence-corrected chi connectivity index (χ1v) is 12.1. The minimum atomic E-state index is -0.134. The summed E-state index contributed by atoms with van der Waals surface area (Å²) < 4.78 is 0. The molecule has 0 aromatic heterocycles. The summed E-state index contributed by atoms with van der Waals surface area (Å²) in [6.07, 6.45) is 1.45. The average molecular weight is 462 g/mol. The third-order valence-electron chi connectivity index (χ3n) is 6.07. The Morgan fingerprint density at radius 1 is 0.912 bits per heavy atom. The Bertz CT molecular complexity index is 921. The summed E-state index contributed by atoms with van der Waals surface area (Å²) in [6, 6.07) is 21.9. The van der Waals surface area contributed by atoms with Crippen LogP contribution in [-0.2, 0) is 16.1 Å². The minimum absolute atomic E-state index is 0.102. The summed E-state index contributed by atoms with van der Waals surface area (Å²) in [5, 5.41) is 11.8. The molecule has 1 heterocycles. The van der Waals surface area contributed by atoms with Gasteiger partial charge in [-0.25, -0.2) is 0 Å². The maximum absolute atomic E-state index is 12.7. The lowest BCUT2D eigenvalue weighted by Gasteiger charge is -2.34. The zero-order valence-electron chi connectivity index (χ0n) is 19.9. The van der Waals surface area contributed by atoms with Gasteiger partial charge in [0.15, 0.2) is 0 Å². The molecule has 180 valence electrons. The molecule has 1 N–H and O–H groups in total. The highest BCUT2D eigenvalue weighted by Gasteiger charge is 2.18. The Hall–Kier alpha value is -3.21. The average Bonchev–Trinajstić information content (AvgIpc) is 2.88. The van der Waals surface area contributed by atoms with Crippen LogP contribution in [0.4, 0.5) is 5.69 Å². The van der Waals surface area contributed by atoms with Crippen molar-refractivity contribution in [3.63, 3.8) is 0 Å². The van der Waals surface area contributed by atoms with Crippen molar-refractivity contribution >= 4 is 17.5 Å². The molecule has 1 saturated heterocycles. The highest BCUT2D eigenvalue weighted by Crippen LogP contribution is 2.15. The molecular weight excluding hydrogens is 426 g/mol. The van der Waals surface area contributed by atoms with Gasteiger partial charge in [-0.05, 0) is 30.7 Å². The molecule has 2 amide bonds. The van der Waals surface area contributed by atoms with E-state index in [4.69, 9.17) is 5.26 Å². The van der Waals surface area contributed by atoms with Crippen molar-refractivity contribution in [1.82, 2.24) is 15.1 Å². The van der Waals surface area contributed by atoms with Crippen molar-refractivity contribution in [1.29, 1.82) is 5.26 Å². The third kappa shape index (κ3) is 8.62. The van der Waals surface area contributed by atoms with Gasteiger partial charge in [0.25, 0.3) is 0 Å². The number of hydrogen-bond acceptors (Lipinski definition) is 5. The first-order valence-electron chi connectivity index (χ1n) is 12.1. The molecule has 0 unspecified atom stereocenters.